The molecule has 0 bridgehead atoms. The Kier molecular flexibility index (Phi) is 6.00. The fourth-order valence-corrected chi connectivity index (χ4v) is 4.07. The van der Waals surface area contributed by atoms with Crippen molar-refractivity contribution in [3.8, 4) is 5.75 Å². The fraction of sp³-hybridized carbons (Fsp3) is 0.120. The molecule has 0 spiro atoms. The first-order valence-corrected chi connectivity index (χ1v) is 10.5. The number of aryl methyl sites for hydroxylation is 1. The van der Waals surface area contributed by atoms with Crippen LogP contribution in [0.15, 0.2) is 83.8 Å². The van der Waals surface area contributed by atoms with E-state index in [4.69, 9.17) is 4.74 Å². The van der Waals surface area contributed by atoms with Crippen molar-refractivity contribution in [3.05, 3.63) is 106 Å². The van der Waals surface area contributed by atoms with Crippen LogP contribution in [0.1, 0.15) is 22.3 Å². The van der Waals surface area contributed by atoms with E-state index >= 15 is 0 Å². The predicted molar refractivity (Wildman–Crippen MR) is 120 cm³/mol. The molecule has 30 heavy (non-hydrogen) atoms. The van der Waals surface area contributed by atoms with E-state index in [0.717, 1.165) is 28.5 Å². The second kappa shape index (κ2) is 9.01. The lowest BCUT2D eigenvalue weighted by Gasteiger charge is -2.12. The molecule has 5 heteroatoms. The van der Waals surface area contributed by atoms with Gasteiger partial charge in [-0.15, -0.1) is 0 Å². The molecule has 1 fully saturated rings. The quantitative estimate of drug-likeness (QED) is 0.477. The maximum Gasteiger partial charge on any atom is 0.293 e. The zero-order chi connectivity index (χ0) is 20.9. The smallest absolute Gasteiger partial charge is 0.293 e. The highest BCUT2D eigenvalue weighted by Gasteiger charge is 2.35. The molecule has 0 atom stereocenters. The van der Waals surface area contributed by atoms with Gasteiger partial charge in [0.1, 0.15) is 12.4 Å². The number of carbonyl (C=O) groups excluding carboxylic acids is 2. The van der Waals surface area contributed by atoms with Crippen molar-refractivity contribution in [2.24, 2.45) is 0 Å². The molecule has 0 radical (unpaired) electrons. The van der Waals surface area contributed by atoms with Crippen molar-refractivity contribution in [1.29, 1.82) is 0 Å². The Morgan fingerprint density at radius 1 is 0.900 bits per heavy atom. The molecule has 150 valence electrons. The monoisotopic (exact) mass is 415 g/mol. The summed E-state index contributed by atoms with van der Waals surface area (Å²) >= 11 is 0.964. The Balaban J connectivity index is 1.52. The summed E-state index contributed by atoms with van der Waals surface area (Å²) in [6.45, 7) is 2.75. The molecule has 1 aliphatic rings. The van der Waals surface area contributed by atoms with Gasteiger partial charge in [-0.25, -0.2) is 0 Å². The Morgan fingerprint density at radius 3 is 2.43 bits per heavy atom. The van der Waals surface area contributed by atoms with Gasteiger partial charge in [-0.2, -0.15) is 0 Å². The number of amides is 2. The van der Waals surface area contributed by atoms with Crippen molar-refractivity contribution in [2.75, 3.05) is 0 Å². The highest BCUT2D eigenvalue weighted by molar-refractivity contribution is 8.18. The normalized spacial score (nSPS) is 15.1. The Morgan fingerprint density at radius 2 is 1.63 bits per heavy atom. The van der Waals surface area contributed by atoms with Gasteiger partial charge in [0.15, 0.2) is 0 Å². The molecule has 4 rings (SSSR count). The summed E-state index contributed by atoms with van der Waals surface area (Å²) < 4.78 is 6.01. The zero-order valence-corrected chi connectivity index (χ0v) is 17.4. The average molecular weight is 416 g/mol. The van der Waals surface area contributed by atoms with E-state index in [9.17, 15) is 9.59 Å². The molecule has 4 nitrogen and oxygen atoms in total. The third-order valence-electron chi connectivity index (χ3n) is 4.74. The number of para-hydroxylation sites is 1. The van der Waals surface area contributed by atoms with E-state index in [-0.39, 0.29) is 17.7 Å². The molecule has 1 aliphatic heterocycles. The first-order valence-electron chi connectivity index (χ1n) is 9.67. The molecular formula is C25H21NO3S. The standard InChI is InChI=1S/C25H21NO3S/c1-18-8-7-11-20(14-18)17-29-22-13-6-5-12-21(22)15-23-24(27)26(25(28)30-23)16-19-9-3-2-4-10-19/h2-15H,16-17H2,1H3/b23-15+. The summed E-state index contributed by atoms with van der Waals surface area (Å²) in [5.74, 6) is 0.399. The van der Waals surface area contributed by atoms with Crippen LogP contribution in [-0.2, 0) is 17.9 Å². The van der Waals surface area contributed by atoms with Crippen molar-refractivity contribution < 1.29 is 14.3 Å². The van der Waals surface area contributed by atoms with Crippen LogP contribution in [0.5, 0.6) is 5.75 Å². The number of benzene rings is 3. The minimum atomic E-state index is -0.276. The maximum atomic E-state index is 12.8. The Hall–Kier alpha value is -3.31. The van der Waals surface area contributed by atoms with Crippen molar-refractivity contribution in [3.63, 3.8) is 0 Å². The first-order chi connectivity index (χ1) is 14.6. The summed E-state index contributed by atoms with van der Waals surface area (Å²) in [5, 5.41) is -0.256. The minimum absolute atomic E-state index is 0.256. The van der Waals surface area contributed by atoms with E-state index in [2.05, 4.69) is 6.07 Å². The molecule has 1 heterocycles. The van der Waals surface area contributed by atoms with Gasteiger partial charge in [-0.3, -0.25) is 14.5 Å². The minimum Gasteiger partial charge on any atom is -0.488 e. The summed E-state index contributed by atoms with van der Waals surface area (Å²) in [4.78, 5) is 26.9. The van der Waals surface area contributed by atoms with Crippen LogP contribution in [0.2, 0.25) is 0 Å². The number of imide groups is 1. The maximum absolute atomic E-state index is 12.8. The average Bonchev–Trinajstić information content (AvgIpc) is 3.01. The second-order valence-electron chi connectivity index (χ2n) is 7.07. The van der Waals surface area contributed by atoms with Crippen molar-refractivity contribution in [1.82, 2.24) is 4.90 Å². The van der Waals surface area contributed by atoms with Gasteiger partial charge < -0.3 is 4.74 Å². The number of rotatable bonds is 6. The Bertz CT molecular complexity index is 1110. The molecule has 0 N–H and O–H groups in total. The second-order valence-corrected chi connectivity index (χ2v) is 8.06. The third kappa shape index (κ3) is 4.63. The van der Waals surface area contributed by atoms with E-state index in [1.54, 1.807) is 6.08 Å². The topological polar surface area (TPSA) is 46.6 Å². The lowest BCUT2D eigenvalue weighted by Crippen LogP contribution is -2.27. The summed E-state index contributed by atoms with van der Waals surface area (Å²) in [6, 6.07) is 25.2. The van der Waals surface area contributed by atoms with Gasteiger partial charge in [0, 0.05) is 5.56 Å². The van der Waals surface area contributed by atoms with E-state index in [1.165, 1.54) is 10.5 Å². The number of ether oxygens (including phenoxy) is 1. The van der Waals surface area contributed by atoms with Crippen LogP contribution in [-0.4, -0.2) is 16.0 Å². The van der Waals surface area contributed by atoms with Crippen LogP contribution < -0.4 is 4.74 Å². The van der Waals surface area contributed by atoms with Crippen LogP contribution >= 0.6 is 11.8 Å². The molecule has 2 amide bonds. The molecule has 1 saturated heterocycles. The van der Waals surface area contributed by atoms with E-state index in [0.29, 0.717) is 17.3 Å². The highest BCUT2D eigenvalue weighted by Crippen LogP contribution is 2.35. The Labute approximate surface area is 180 Å². The van der Waals surface area contributed by atoms with Crippen LogP contribution in [0.4, 0.5) is 4.79 Å². The van der Waals surface area contributed by atoms with E-state index in [1.807, 2.05) is 79.7 Å². The van der Waals surface area contributed by atoms with E-state index < -0.39 is 0 Å². The molecular weight excluding hydrogens is 394 g/mol. The van der Waals surface area contributed by atoms with Gasteiger partial charge in [0.25, 0.3) is 11.1 Å². The molecule has 0 aromatic heterocycles. The largest absolute Gasteiger partial charge is 0.488 e. The fourth-order valence-electron chi connectivity index (χ4n) is 3.24. The van der Waals surface area contributed by atoms with Gasteiger partial charge in [0.05, 0.1) is 11.4 Å². The first kappa shape index (κ1) is 20.0. The molecule has 3 aromatic carbocycles. The number of carbonyl (C=O) groups is 2. The summed E-state index contributed by atoms with van der Waals surface area (Å²) in [5.41, 5.74) is 3.95. The number of hydrogen-bond donors (Lipinski definition) is 0. The van der Waals surface area contributed by atoms with Gasteiger partial charge >= 0.3 is 0 Å². The van der Waals surface area contributed by atoms with Gasteiger partial charge in [-0.1, -0.05) is 78.4 Å². The molecule has 0 aliphatic carbocycles. The number of hydrogen-bond acceptors (Lipinski definition) is 4. The highest BCUT2D eigenvalue weighted by atomic mass is 32.2. The van der Waals surface area contributed by atoms with Crippen LogP contribution in [0, 0.1) is 6.92 Å². The molecule has 0 unspecified atom stereocenters. The zero-order valence-electron chi connectivity index (χ0n) is 16.6. The van der Waals surface area contributed by atoms with Crippen LogP contribution in [0.25, 0.3) is 6.08 Å². The number of nitrogens with zero attached hydrogens (tertiary/aromatic N) is 1. The summed E-state index contributed by atoms with van der Waals surface area (Å²) in [7, 11) is 0. The van der Waals surface area contributed by atoms with Crippen molar-refractivity contribution >= 4 is 29.0 Å². The predicted octanol–water partition coefficient (Wildman–Crippen LogP) is 5.81. The lowest BCUT2D eigenvalue weighted by atomic mass is 10.1. The molecule has 0 saturated carbocycles. The van der Waals surface area contributed by atoms with Crippen molar-refractivity contribution in [2.45, 2.75) is 20.1 Å². The molecule has 3 aromatic rings. The van der Waals surface area contributed by atoms with Crippen LogP contribution in [0.3, 0.4) is 0 Å². The van der Waals surface area contributed by atoms with Gasteiger partial charge in [0.2, 0.25) is 0 Å². The summed E-state index contributed by atoms with van der Waals surface area (Å²) in [6.07, 6.45) is 1.74. The third-order valence-corrected chi connectivity index (χ3v) is 5.65. The van der Waals surface area contributed by atoms with Gasteiger partial charge in [-0.05, 0) is 42.0 Å². The number of thioether (sulfide) groups is 1. The lowest BCUT2D eigenvalue weighted by molar-refractivity contribution is -0.123. The SMILES string of the molecule is Cc1cccc(COc2ccccc2/C=C2/SC(=O)N(Cc3ccccc3)C2=O)c1.